The summed E-state index contributed by atoms with van der Waals surface area (Å²) in [5, 5.41) is 2.79. The topological polar surface area (TPSA) is 131 Å². The molecule has 1 heterocycles. The quantitative estimate of drug-likeness (QED) is 0.441. The number of nitrogens with zero attached hydrogens (tertiary/aromatic N) is 2. The van der Waals surface area contributed by atoms with E-state index < -0.39 is 35.5 Å². The third-order valence-electron chi connectivity index (χ3n) is 5.16. The molecule has 0 aliphatic rings. The molecule has 5 N–H and O–H groups in total. The van der Waals surface area contributed by atoms with Gasteiger partial charge in [-0.3, -0.25) is 19.3 Å². The van der Waals surface area contributed by atoms with E-state index in [1.165, 1.54) is 6.07 Å². The van der Waals surface area contributed by atoms with Gasteiger partial charge in [-0.2, -0.15) is 17.5 Å². The Hall–Kier alpha value is -3.15. The molecule has 1 atom stereocenters. The van der Waals surface area contributed by atoms with Gasteiger partial charge in [0.15, 0.2) is 5.69 Å². The Morgan fingerprint density at radius 2 is 1.80 bits per heavy atom. The van der Waals surface area contributed by atoms with Crippen molar-refractivity contribution in [3.8, 4) is 0 Å². The van der Waals surface area contributed by atoms with Crippen molar-refractivity contribution in [3.05, 3.63) is 40.4 Å². The van der Waals surface area contributed by atoms with Crippen molar-refractivity contribution in [2.75, 3.05) is 17.2 Å². The Kier molecular flexibility index (Phi) is 9.24. The van der Waals surface area contributed by atoms with Crippen molar-refractivity contribution in [3.63, 3.8) is 0 Å². The molecule has 0 radical (unpaired) electrons. The third kappa shape index (κ3) is 7.17. The Labute approximate surface area is 206 Å². The number of hydrogen-bond donors (Lipinski definition) is 3. The van der Waals surface area contributed by atoms with Gasteiger partial charge in [0.2, 0.25) is 5.91 Å². The molecule has 0 fully saturated rings. The molecule has 192 valence electrons. The number of nitrogens with two attached hydrogens (primary N) is 2. The lowest BCUT2D eigenvalue weighted by Crippen LogP contribution is -2.51. The zero-order valence-electron chi connectivity index (χ0n) is 20.0. The number of nitrogens with one attached hydrogen (secondary N) is 1. The van der Waals surface area contributed by atoms with Crippen LogP contribution in [0, 0.1) is 11.8 Å². The molecule has 0 aliphatic carbocycles. The second-order valence-electron chi connectivity index (χ2n) is 8.98. The molecule has 2 rings (SSSR count). The van der Waals surface area contributed by atoms with Crippen LogP contribution in [-0.2, 0) is 11.0 Å². The highest BCUT2D eigenvalue weighted by Crippen LogP contribution is 2.34. The Bertz CT molecular complexity index is 1070. The molecule has 1 aromatic carbocycles. The van der Waals surface area contributed by atoms with Gasteiger partial charge in [-0.25, -0.2) is 0 Å². The highest BCUT2D eigenvalue weighted by Gasteiger charge is 2.37. The summed E-state index contributed by atoms with van der Waals surface area (Å²) in [6, 6.07) is 3.01. The largest absolute Gasteiger partial charge is 0.416 e. The van der Waals surface area contributed by atoms with Gasteiger partial charge < -0.3 is 16.8 Å². The Morgan fingerprint density at radius 3 is 2.31 bits per heavy atom. The van der Waals surface area contributed by atoms with Crippen LogP contribution in [0.1, 0.15) is 66.3 Å². The molecule has 8 nitrogen and oxygen atoms in total. The van der Waals surface area contributed by atoms with Crippen molar-refractivity contribution >= 4 is 40.6 Å². The molecule has 0 saturated heterocycles. The van der Waals surface area contributed by atoms with Crippen LogP contribution in [0.25, 0.3) is 0 Å². The summed E-state index contributed by atoms with van der Waals surface area (Å²) in [7, 11) is 0. The summed E-state index contributed by atoms with van der Waals surface area (Å²) in [4.78, 5) is 39.3. The van der Waals surface area contributed by atoms with E-state index in [-0.39, 0.29) is 34.3 Å². The van der Waals surface area contributed by atoms with Gasteiger partial charge in [0.05, 0.1) is 11.3 Å². The van der Waals surface area contributed by atoms with Crippen LogP contribution >= 0.6 is 11.5 Å². The van der Waals surface area contributed by atoms with Crippen LogP contribution in [0.15, 0.2) is 24.3 Å². The fourth-order valence-corrected chi connectivity index (χ4v) is 4.13. The monoisotopic (exact) mass is 513 g/mol. The standard InChI is InChI=1S/C23H30F3N5O3S/c1-12(2)8-9-29-21(33)16(10-13(3)4)31(15-7-5-6-14(11-15)23(24,25)26)22(34)19-17(27)18(20(28)32)30-35-19/h5-7,11-13,16H,8-10,27H2,1-4H3,(H2,28,32)(H,29,33)/t16-/m0/s1. The number of hydrogen-bond acceptors (Lipinski definition) is 6. The summed E-state index contributed by atoms with van der Waals surface area (Å²) < 4.78 is 44.2. The van der Waals surface area contributed by atoms with E-state index in [1.54, 1.807) is 0 Å². The maximum absolute atomic E-state index is 13.7. The van der Waals surface area contributed by atoms with Crippen LogP contribution in [0.3, 0.4) is 0 Å². The SMILES string of the molecule is CC(C)CCNC(=O)[C@H](CC(C)C)N(C(=O)c1snc(C(N)=O)c1N)c1cccc(C(F)(F)F)c1. The van der Waals surface area contributed by atoms with Crippen LogP contribution in [0.4, 0.5) is 24.5 Å². The highest BCUT2D eigenvalue weighted by molar-refractivity contribution is 7.09. The maximum atomic E-state index is 13.7. The van der Waals surface area contributed by atoms with E-state index in [0.717, 1.165) is 23.1 Å². The molecule has 12 heteroatoms. The number of alkyl halides is 3. The molecule has 0 saturated carbocycles. The molecule has 1 aromatic heterocycles. The lowest BCUT2D eigenvalue weighted by atomic mass is 9.99. The minimum absolute atomic E-state index is 0.0862. The number of rotatable bonds is 10. The number of anilines is 2. The second kappa shape index (κ2) is 11.5. The number of carbonyl (C=O) groups is 3. The number of amides is 3. The molecule has 0 bridgehead atoms. The molecule has 0 spiro atoms. The molecule has 35 heavy (non-hydrogen) atoms. The first-order valence-corrected chi connectivity index (χ1v) is 11.8. The lowest BCUT2D eigenvalue weighted by Gasteiger charge is -2.32. The van der Waals surface area contributed by atoms with Crippen molar-refractivity contribution in [1.29, 1.82) is 0 Å². The van der Waals surface area contributed by atoms with Crippen molar-refractivity contribution < 1.29 is 27.6 Å². The highest BCUT2D eigenvalue weighted by atomic mass is 32.1. The van der Waals surface area contributed by atoms with Crippen molar-refractivity contribution in [2.24, 2.45) is 17.6 Å². The normalized spacial score (nSPS) is 12.6. The number of carbonyl (C=O) groups excluding carboxylic acids is 3. The number of nitrogen functional groups attached to an aromatic ring is 1. The van der Waals surface area contributed by atoms with Gasteiger partial charge >= 0.3 is 6.18 Å². The van der Waals surface area contributed by atoms with Crippen LogP contribution in [0.5, 0.6) is 0 Å². The fraction of sp³-hybridized carbons (Fsp3) is 0.478. The molecule has 2 aromatic rings. The fourth-order valence-electron chi connectivity index (χ4n) is 3.39. The summed E-state index contributed by atoms with van der Waals surface area (Å²) >= 11 is 0.594. The number of aromatic nitrogens is 1. The molecular formula is C23H30F3N5O3S. The average molecular weight is 514 g/mol. The first-order chi connectivity index (χ1) is 16.2. The third-order valence-corrected chi connectivity index (χ3v) is 6.01. The van der Waals surface area contributed by atoms with Crippen LogP contribution in [0.2, 0.25) is 0 Å². The molecule has 3 amide bonds. The number of primary amides is 1. The summed E-state index contributed by atoms with van der Waals surface area (Å²) in [6.07, 6.45) is -3.82. The number of halogens is 3. The van der Waals surface area contributed by atoms with Gasteiger partial charge in [0.25, 0.3) is 11.8 Å². The van der Waals surface area contributed by atoms with Gasteiger partial charge in [0, 0.05) is 12.2 Å². The molecular weight excluding hydrogens is 483 g/mol. The van der Waals surface area contributed by atoms with Gasteiger partial charge in [-0.15, -0.1) is 0 Å². The predicted octanol–water partition coefficient (Wildman–Crippen LogP) is 4.07. The number of benzene rings is 1. The first-order valence-electron chi connectivity index (χ1n) is 11.1. The minimum Gasteiger partial charge on any atom is -0.395 e. The predicted molar refractivity (Wildman–Crippen MR) is 129 cm³/mol. The van der Waals surface area contributed by atoms with E-state index >= 15 is 0 Å². The van der Waals surface area contributed by atoms with E-state index in [9.17, 15) is 27.6 Å². The minimum atomic E-state index is -4.67. The first kappa shape index (κ1) is 28.1. The van der Waals surface area contributed by atoms with Gasteiger partial charge in [0.1, 0.15) is 10.9 Å². The van der Waals surface area contributed by atoms with E-state index in [0.29, 0.717) is 30.4 Å². The van der Waals surface area contributed by atoms with Crippen molar-refractivity contribution in [2.45, 2.75) is 52.8 Å². The summed E-state index contributed by atoms with van der Waals surface area (Å²) in [6.45, 7) is 7.97. The smallest absolute Gasteiger partial charge is 0.395 e. The maximum Gasteiger partial charge on any atom is 0.416 e. The molecule has 0 aliphatic heterocycles. The average Bonchev–Trinajstić information content (AvgIpc) is 3.13. The Morgan fingerprint density at radius 1 is 1.14 bits per heavy atom. The van der Waals surface area contributed by atoms with Crippen LogP contribution < -0.4 is 21.7 Å². The van der Waals surface area contributed by atoms with Gasteiger partial charge in [-0.05, 0) is 54.4 Å². The zero-order chi connectivity index (χ0) is 26.5. The zero-order valence-corrected chi connectivity index (χ0v) is 20.8. The second-order valence-corrected chi connectivity index (χ2v) is 9.75. The van der Waals surface area contributed by atoms with Gasteiger partial charge in [-0.1, -0.05) is 33.8 Å². The summed E-state index contributed by atoms with van der Waals surface area (Å²) in [5.74, 6) is -2.09. The van der Waals surface area contributed by atoms with Crippen molar-refractivity contribution in [1.82, 2.24) is 9.69 Å². The molecule has 0 unspecified atom stereocenters. The van der Waals surface area contributed by atoms with Crippen LogP contribution in [-0.4, -0.2) is 34.7 Å². The lowest BCUT2D eigenvalue weighted by molar-refractivity contribution is -0.137. The van der Waals surface area contributed by atoms with E-state index in [2.05, 4.69) is 9.69 Å². The Balaban J connectivity index is 2.63. The summed E-state index contributed by atoms with van der Waals surface area (Å²) in [5.41, 5.74) is 9.46. The van der Waals surface area contributed by atoms with E-state index in [4.69, 9.17) is 11.5 Å². The van der Waals surface area contributed by atoms with E-state index in [1.807, 2.05) is 27.7 Å².